The Morgan fingerprint density at radius 1 is 1.12 bits per heavy atom. The van der Waals surface area contributed by atoms with Crippen LogP contribution in [0.2, 0.25) is 0 Å². The molecule has 0 radical (unpaired) electrons. The van der Waals surface area contributed by atoms with Crippen molar-refractivity contribution in [3.63, 3.8) is 0 Å². The van der Waals surface area contributed by atoms with Crippen LogP contribution in [-0.2, 0) is 16.1 Å². The number of hydrogen-bond acceptors (Lipinski definition) is 7. The van der Waals surface area contributed by atoms with Gasteiger partial charge in [-0.15, -0.1) is 0 Å². The number of hydrogen-bond donors (Lipinski definition) is 2. The number of nitrogens with zero attached hydrogens (tertiary/aromatic N) is 5. The molecule has 1 aromatic heterocycles. The maximum Gasteiger partial charge on any atom is 0.254 e. The molecule has 3 heterocycles. The van der Waals surface area contributed by atoms with E-state index in [-0.39, 0.29) is 35.9 Å². The summed E-state index contributed by atoms with van der Waals surface area (Å²) in [5.74, 6) is -0.427. The third-order valence-electron chi connectivity index (χ3n) is 8.28. The number of aromatic nitrogens is 2. The first kappa shape index (κ1) is 29.1. The van der Waals surface area contributed by atoms with Crippen molar-refractivity contribution < 1.29 is 23.5 Å². The Morgan fingerprint density at radius 2 is 1.83 bits per heavy atom. The minimum atomic E-state index is -0.681. The molecule has 0 bridgehead atoms. The Hall–Kier alpha value is -4.45. The van der Waals surface area contributed by atoms with Crippen molar-refractivity contribution in [2.45, 2.75) is 44.3 Å². The first-order valence-corrected chi connectivity index (χ1v) is 14.0. The molecule has 0 spiro atoms. The van der Waals surface area contributed by atoms with E-state index in [1.807, 2.05) is 11.9 Å². The number of piperidine rings is 1. The minimum absolute atomic E-state index is 0.0538. The summed E-state index contributed by atoms with van der Waals surface area (Å²) in [7, 11) is 3.44. The van der Waals surface area contributed by atoms with Crippen LogP contribution in [0.15, 0.2) is 42.5 Å². The van der Waals surface area contributed by atoms with E-state index in [9.17, 15) is 18.8 Å². The van der Waals surface area contributed by atoms with Crippen LogP contribution >= 0.6 is 0 Å². The molecule has 0 unspecified atom stereocenters. The summed E-state index contributed by atoms with van der Waals surface area (Å²) >= 11 is 0. The molecule has 42 heavy (non-hydrogen) atoms. The monoisotopic (exact) mass is 577 g/mol. The number of anilines is 2. The number of nitrogens with two attached hydrogens (primary N) is 2. The molecule has 2 fully saturated rings. The predicted octanol–water partition coefficient (Wildman–Crippen LogP) is 2.80. The highest BCUT2D eigenvalue weighted by Crippen LogP contribution is 2.34. The largest absolute Gasteiger partial charge is 0.495 e. The zero-order valence-corrected chi connectivity index (χ0v) is 23.8. The van der Waals surface area contributed by atoms with E-state index in [0.29, 0.717) is 55.0 Å². The number of nitrogen functional groups attached to an aromatic ring is 1. The number of carbonyl (C=O) groups is 3. The van der Waals surface area contributed by atoms with Crippen LogP contribution in [0.25, 0.3) is 11.3 Å². The Morgan fingerprint density at radius 3 is 2.43 bits per heavy atom. The molecular formula is C30H36FN7O4. The van der Waals surface area contributed by atoms with E-state index < -0.39 is 11.7 Å². The number of amides is 3. The highest BCUT2D eigenvalue weighted by atomic mass is 19.1. The first-order valence-electron chi connectivity index (χ1n) is 14.0. The molecule has 11 nitrogen and oxygen atoms in total. The molecule has 4 N–H and O–H groups in total. The third-order valence-corrected chi connectivity index (χ3v) is 8.28. The molecular weight excluding hydrogens is 541 g/mol. The lowest BCUT2D eigenvalue weighted by Crippen LogP contribution is -2.47. The van der Waals surface area contributed by atoms with E-state index >= 15 is 0 Å². The van der Waals surface area contributed by atoms with Gasteiger partial charge in [0, 0.05) is 24.7 Å². The Labute approximate surface area is 243 Å². The summed E-state index contributed by atoms with van der Waals surface area (Å²) in [5.41, 5.74) is 14.4. The van der Waals surface area contributed by atoms with Gasteiger partial charge in [-0.25, -0.2) is 9.07 Å². The second kappa shape index (κ2) is 12.2. The van der Waals surface area contributed by atoms with Crippen LogP contribution in [0.1, 0.15) is 47.6 Å². The maximum absolute atomic E-state index is 13.9. The van der Waals surface area contributed by atoms with Gasteiger partial charge in [-0.3, -0.25) is 19.3 Å². The molecule has 1 atom stereocenters. The van der Waals surface area contributed by atoms with Gasteiger partial charge in [-0.1, -0.05) is 24.3 Å². The van der Waals surface area contributed by atoms with Crippen LogP contribution < -0.4 is 21.1 Å². The summed E-state index contributed by atoms with van der Waals surface area (Å²) in [5, 5.41) is 4.73. The van der Waals surface area contributed by atoms with E-state index in [1.54, 1.807) is 28.9 Å². The van der Waals surface area contributed by atoms with Gasteiger partial charge in [0.25, 0.3) is 5.91 Å². The van der Waals surface area contributed by atoms with Gasteiger partial charge in [-0.05, 0) is 57.0 Å². The Balaban J connectivity index is 1.33. The Bertz CT molecular complexity index is 1470. The molecule has 3 aromatic rings. The summed E-state index contributed by atoms with van der Waals surface area (Å²) in [6, 6.07) is 11.0. The summed E-state index contributed by atoms with van der Waals surface area (Å²) < 4.78 is 20.8. The van der Waals surface area contributed by atoms with Crippen molar-refractivity contribution in [1.29, 1.82) is 0 Å². The van der Waals surface area contributed by atoms with Crippen LogP contribution in [0, 0.1) is 5.82 Å². The van der Waals surface area contributed by atoms with Crippen LogP contribution in [-0.4, -0.2) is 77.6 Å². The van der Waals surface area contributed by atoms with Crippen molar-refractivity contribution in [2.24, 2.45) is 5.73 Å². The number of halogens is 1. The van der Waals surface area contributed by atoms with Gasteiger partial charge in [0.2, 0.25) is 12.3 Å². The normalized spacial score (nSPS) is 17.8. The number of methoxy groups -OCH3 is 1. The molecule has 2 aliphatic heterocycles. The average molecular weight is 578 g/mol. The zero-order valence-electron chi connectivity index (χ0n) is 23.8. The lowest BCUT2D eigenvalue weighted by molar-refractivity contribution is -0.136. The molecule has 2 aromatic carbocycles. The summed E-state index contributed by atoms with van der Waals surface area (Å²) in [4.78, 5) is 42.7. The summed E-state index contributed by atoms with van der Waals surface area (Å²) in [6.07, 6.45) is 3.86. The lowest BCUT2D eigenvalue weighted by atomic mass is 10.0. The second-order valence-corrected chi connectivity index (χ2v) is 10.9. The average Bonchev–Trinajstić information content (AvgIpc) is 3.58. The van der Waals surface area contributed by atoms with E-state index in [1.165, 1.54) is 30.2 Å². The van der Waals surface area contributed by atoms with Gasteiger partial charge in [-0.2, -0.15) is 5.10 Å². The lowest BCUT2D eigenvalue weighted by Gasteiger charge is -2.35. The highest BCUT2D eigenvalue weighted by molar-refractivity contribution is 6.03. The fourth-order valence-electron chi connectivity index (χ4n) is 5.97. The molecule has 5 rings (SSSR count). The number of likely N-dealkylation sites (tertiary alicyclic amines) is 2. The fourth-order valence-corrected chi connectivity index (χ4v) is 5.97. The number of rotatable bonds is 9. The van der Waals surface area contributed by atoms with Crippen molar-refractivity contribution in [3.8, 4) is 17.0 Å². The van der Waals surface area contributed by atoms with E-state index in [2.05, 4.69) is 4.90 Å². The number of primary amides is 1. The zero-order chi connectivity index (χ0) is 30.0. The third kappa shape index (κ3) is 5.67. The predicted molar refractivity (Wildman–Crippen MR) is 156 cm³/mol. The van der Waals surface area contributed by atoms with Gasteiger partial charge < -0.3 is 26.0 Å². The number of carbonyl (C=O) groups excluding carboxylic acids is 3. The summed E-state index contributed by atoms with van der Waals surface area (Å²) in [6.45, 7) is 2.28. The molecule has 12 heteroatoms. The Kier molecular flexibility index (Phi) is 8.44. The molecule has 2 aliphatic rings. The highest BCUT2D eigenvalue weighted by Gasteiger charge is 2.34. The molecule has 0 aliphatic carbocycles. The number of benzene rings is 2. The molecule has 2 saturated heterocycles. The van der Waals surface area contributed by atoms with E-state index in [0.717, 1.165) is 24.9 Å². The molecule has 3 amide bonds. The second-order valence-electron chi connectivity index (χ2n) is 10.9. The van der Waals surface area contributed by atoms with Crippen molar-refractivity contribution in [2.75, 3.05) is 44.4 Å². The quantitative estimate of drug-likeness (QED) is 0.373. The fraction of sp³-hybridized carbons (Fsp3) is 0.400. The van der Waals surface area contributed by atoms with Gasteiger partial charge in [0.1, 0.15) is 28.6 Å². The van der Waals surface area contributed by atoms with Gasteiger partial charge in [0.15, 0.2) is 0 Å². The van der Waals surface area contributed by atoms with E-state index in [4.69, 9.17) is 21.3 Å². The topological polar surface area (TPSA) is 140 Å². The molecule has 222 valence electrons. The first-order chi connectivity index (χ1) is 20.2. The maximum atomic E-state index is 13.9. The smallest absolute Gasteiger partial charge is 0.254 e. The van der Waals surface area contributed by atoms with Crippen molar-refractivity contribution in [3.05, 3.63) is 59.4 Å². The number of ether oxygens (including phenoxy) is 1. The van der Waals surface area contributed by atoms with Crippen LogP contribution in [0.4, 0.5) is 15.9 Å². The van der Waals surface area contributed by atoms with Gasteiger partial charge in [0.05, 0.1) is 31.4 Å². The number of likely N-dealkylation sites (N-methyl/N-ethyl adjacent to an activating group) is 1. The van der Waals surface area contributed by atoms with Gasteiger partial charge >= 0.3 is 0 Å². The van der Waals surface area contributed by atoms with Crippen LogP contribution in [0.5, 0.6) is 5.75 Å². The SMILES string of the molecule is COc1ccc(F)cc1N(C=O)Cc1ccc(-c2nn(C3CCN(C(=O)[C@@H]4CCCN4C)CC3)c(N)c2C(N)=O)cc1. The van der Waals surface area contributed by atoms with Crippen molar-refractivity contribution >= 4 is 29.7 Å². The van der Waals surface area contributed by atoms with Crippen molar-refractivity contribution in [1.82, 2.24) is 19.6 Å². The van der Waals surface area contributed by atoms with Crippen LogP contribution in [0.3, 0.4) is 0 Å². The minimum Gasteiger partial charge on any atom is -0.495 e. The standard InChI is InChI=1S/C30H36FN7O4/c1-35-13-3-4-23(35)30(41)36-14-11-22(12-15-36)38-28(32)26(29(33)40)27(34-38)20-7-5-19(6-8-20)17-37(18-39)24-16-21(31)9-10-25(24)42-2/h5-10,16,18,22-23H,3-4,11-15,17,32H2,1-2H3,(H2,33,40)/t23-/m0/s1. The molecule has 0 saturated carbocycles.